The van der Waals surface area contributed by atoms with Gasteiger partial charge in [-0.2, -0.15) is 0 Å². The lowest BCUT2D eigenvalue weighted by molar-refractivity contribution is -0.125. The number of fused-ring (bicyclic) bond motifs is 1. The maximum Gasteiger partial charge on any atom is 0.237 e. The predicted molar refractivity (Wildman–Crippen MR) is 78.8 cm³/mol. The van der Waals surface area contributed by atoms with Gasteiger partial charge in [0.05, 0.1) is 12.1 Å². The Morgan fingerprint density at radius 3 is 2.95 bits per heavy atom. The summed E-state index contributed by atoms with van der Waals surface area (Å²) in [5.41, 5.74) is 1.52. The summed E-state index contributed by atoms with van der Waals surface area (Å²) in [5.74, 6) is -0.0583. The first-order valence-electron chi connectivity index (χ1n) is 7.50. The van der Waals surface area contributed by atoms with E-state index in [0.717, 1.165) is 0 Å². The van der Waals surface area contributed by atoms with Crippen LogP contribution in [0, 0.1) is 0 Å². The van der Waals surface area contributed by atoms with E-state index in [4.69, 9.17) is 4.74 Å². The molecule has 3 N–H and O–H groups in total. The van der Waals surface area contributed by atoms with Gasteiger partial charge in [0.15, 0.2) is 0 Å². The maximum atomic E-state index is 12.3. The topological polar surface area (TPSA) is 70.6 Å². The fourth-order valence-corrected chi connectivity index (χ4v) is 3.01. The van der Waals surface area contributed by atoms with Gasteiger partial charge in [0.2, 0.25) is 5.91 Å². The Balaban J connectivity index is 1.57. The summed E-state index contributed by atoms with van der Waals surface area (Å²) < 4.78 is 5.38. The van der Waals surface area contributed by atoms with Crippen LogP contribution in [0.1, 0.15) is 24.5 Å². The summed E-state index contributed by atoms with van der Waals surface area (Å²) in [5, 5.41) is 16.5. The van der Waals surface area contributed by atoms with Crippen molar-refractivity contribution in [2.24, 2.45) is 0 Å². The molecule has 1 fully saturated rings. The lowest BCUT2D eigenvalue weighted by Gasteiger charge is -2.29. The zero-order valence-electron chi connectivity index (χ0n) is 12.3. The largest absolute Gasteiger partial charge is 0.385 e. The van der Waals surface area contributed by atoms with E-state index in [1.165, 1.54) is 11.1 Å². The molecule has 2 heterocycles. The number of benzene rings is 1. The van der Waals surface area contributed by atoms with Gasteiger partial charge in [-0.1, -0.05) is 24.3 Å². The highest BCUT2D eigenvalue weighted by Gasteiger charge is 2.40. The number of aliphatic hydroxyl groups is 1. The van der Waals surface area contributed by atoms with Crippen molar-refractivity contribution in [1.82, 2.24) is 10.6 Å². The molecular weight excluding hydrogens is 268 g/mol. The third-order valence-corrected chi connectivity index (χ3v) is 4.63. The van der Waals surface area contributed by atoms with Crippen molar-refractivity contribution >= 4 is 5.91 Å². The Kier molecular flexibility index (Phi) is 3.97. The highest BCUT2D eigenvalue weighted by Crippen LogP contribution is 2.25. The van der Waals surface area contributed by atoms with E-state index in [1.54, 1.807) is 0 Å². The molecule has 5 heteroatoms. The van der Waals surface area contributed by atoms with E-state index < -0.39 is 5.60 Å². The van der Waals surface area contributed by atoms with Gasteiger partial charge < -0.3 is 20.5 Å². The molecule has 2 aliphatic rings. The first-order valence-corrected chi connectivity index (χ1v) is 7.50. The van der Waals surface area contributed by atoms with Crippen molar-refractivity contribution in [3.05, 3.63) is 35.4 Å². The second-order valence-corrected chi connectivity index (χ2v) is 5.99. The van der Waals surface area contributed by atoms with E-state index in [-0.39, 0.29) is 24.6 Å². The zero-order valence-corrected chi connectivity index (χ0v) is 12.3. The minimum absolute atomic E-state index is 0.0583. The van der Waals surface area contributed by atoms with Crippen LogP contribution in [0.3, 0.4) is 0 Å². The summed E-state index contributed by atoms with van der Waals surface area (Å²) in [6.45, 7) is 3.34. The maximum absolute atomic E-state index is 12.3. The molecule has 3 rings (SSSR count). The van der Waals surface area contributed by atoms with Crippen LogP contribution in [0.4, 0.5) is 0 Å². The van der Waals surface area contributed by atoms with Crippen molar-refractivity contribution in [3.8, 4) is 0 Å². The lowest BCUT2D eigenvalue weighted by atomic mass is 9.94. The number of nitrogens with one attached hydrogen (secondary N) is 2. The fourth-order valence-electron chi connectivity index (χ4n) is 3.01. The van der Waals surface area contributed by atoms with Crippen molar-refractivity contribution in [2.45, 2.75) is 44.1 Å². The zero-order chi connectivity index (χ0) is 14.9. The van der Waals surface area contributed by atoms with Crippen LogP contribution < -0.4 is 10.6 Å². The molecule has 1 aromatic rings. The highest BCUT2D eigenvalue weighted by molar-refractivity contribution is 5.82. The monoisotopic (exact) mass is 290 g/mol. The Bertz CT molecular complexity index is 534. The van der Waals surface area contributed by atoms with Crippen molar-refractivity contribution in [3.63, 3.8) is 0 Å². The van der Waals surface area contributed by atoms with E-state index >= 15 is 0 Å². The van der Waals surface area contributed by atoms with Crippen LogP contribution in [-0.4, -0.2) is 41.9 Å². The van der Waals surface area contributed by atoms with E-state index in [0.29, 0.717) is 26.0 Å². The smallest absolute Gasteiger partial charge is 0.237 e. The highest BCUT2D eigenvalue weighted by atomic mass is 16.5. The van der Waals surface area contributed by atoms with Gasteiger partial charge in [-0.15, -0.1) is 0 Å². The summed E-state index contributed by atoms with van der Waals surface area (Å²) in [7, 11) is 0. The molecule has 5 nitrogen and oxygen atoms in total. The number of carbonyl (C=O) groups excluding carboxylic acids is 1. The molecule has 114 valence electrons. The molecule has 0 aromatic heterocycles. The first kappa shape index (κ1) is 14.5. The fraction of sp³-hybridized carbons (Fsp3) is 0.562. The summed E-state index contributed by atoms with van der Waals surface area (Å²) in [6.07, 6.45) is 1.01. The molecule has 2 unspecified atom stereocenters. The molecule has 0 spiro atoms. The quantitative estimate of drug-likeness (QED) is 0.751. The van der Waals surface area contributed by atoms with Gasteiger partial charge in [-0.3, -0.25) is 4.79 Å². The molecule has 0 saturated carbocycles. The number of hydrogen-bond acceptors (Lipinski definition) is 4. The standard InChI is InChI=1S/C16H22N2O3/c1-11-16(20,6-7-21-11)10-18-15(19)14-8-12-4-2-3-5-13(12)9-17-14/h2-5,11,14,17,20H,6-10H2,1H3,(H,18,19)/t11?,14-,16?/m1/s1. The summed E-state index contributed by atoms with van der Waals surface area (Å²) in [6, 6.07) is 7.92. The molecule has 1 aromatic carbocycles. The normalized spacial score (nSPS) is 31.7. The van der Waals surface area contributed by atoms with Crippen molar-refractivity contribution < 1.29 is 14.6 Å². The molecule has 1 saturated heterocycles. The van der Waals surface area contributed by atoms with E-state index in [9.17, 15) is 9.90 Å². The Hall–Kier alpha value is -1.43. The van der Waals surface area contributed by atoms with Gasteiger partial charge in [-0.05, 0) is 24.5 Å². The number of ether oxygens (including phenoxy) is 1. The molecule has 0 radical (unpaired) electrons. The molecule has 0 aliphatic carbocycles. The number of hydrogen-bond donors (Lipinski definition) is 3. The number of rotatable bonds is 3. The second-order valence-electron chi connectivity index (χ2n) is 5.99. The minimum atomic E-state index is -0.942. The van der Waals surface area contributed by atoms with Gasteiger partial charge in [-0.25, -0.2) is 0 Å². The van der Waals surface area contributed by atoms with Crippen LogP contribution in [0.25, 0.3) is 0 Å². The molecular formula is C16H22N2O3. The van der Waals surface area contributed by atoms with Crippen LogP contribution in [0.15, 0.2) is 24.3 Å². The van der Waals surface area contributed by atoms with Gasteiger partial charge in [0.1, 0.15) is 5.60 Å². The van der Waals surface area contributed by atoms with Gasteiger partial charge in [0, 0.05) is 26.1 Å². The first-order chi connectivity index (χ1) is 10.1. The third kappa shape index (κ3) is 2.95. The van der Waals surface area contributed by atoms with Crippen molar-refractivity contribution in [1.29, 1.82) is 0 Å². The number of carbonyl (C=O) groups is 1. The summed E-state index contributed by atoms with van der Waals surface area (Å²) >= 11 is 0. The van der Waals surface area contributed by atoms with Crippen LogP contribution in [0.5, 0.6) is 0 Å². The SMILES string of the molecule is CC1OCCC1(O)CNC(=O)[C@H]1Cc2ccccc2CN1. The van der Waals surface area contributed by atoms with Crippen LogP contribution in [-0.2, 0) is 22.5 Å². The average molecular weight is 290 g/mol. The average Bonchev–Trinajstić information content (AvgIpc) is 2.84. The van der Waals surface area contributed by atoms with Crippen LogP contribution in [0.2, 0.25) is 0 Å². The third-order valence-electron chi connectivity index (χ3n) is 4.63. The van der Waals surface area contributed by atoms with Gasteiger partial charge >= 0.3 is 0 Å². The lowest BCUT2D eigenvalue weighted by Crippen LogP contribution is -2.53. The van der Waals surface area contributed by atoms with E-state index in [2.05, 4.69) is 22.8 Å². The van der Waals surface area contributed by atoms with Crippen LogP contribution >= 0.6 is 0 Å². The molecule has 0 bridgehead atoms. The molecule has 2 aliphatic heterocycles. The Morgan fingerprint density at radius 2 is 2.24 bits per heavy atom. The van der Waals surface area contributed by atoms with Gasteiger partial charge in [0.25, 0.3) is 0 Å². The Labute approximate surface area is 124 Å². The Morgan fingerprint density at radius 1 is 1.48 bits per heavy atom. The van der Waals surface area contributed by atoms with Crippen molar-refractivity contribution in [2.75, 3.05) is 13.2 Å². The summed E-state index contributed by atoms with van der Waals surface area (Å²) in [4.78, 5) is 12.3. The molecule has 3 atom stereocenters. The second kappa shape index (κ2) is 5.75. The molecule has 21 heavy (non-hydrogen) atoms. The predicted octanol–water partition coefficient (Wildman–Crippen LogP) is 0.357. The van der Waals surface area contributed by atoms with E-state index in [1.807, 2.05) is 19.1 Å². The molecule has 1 amide bonds. The minimum Gasteiger partial charge on any atom is -0.385 e. The number of amides is 1.